The second-order valence-electron chi connectivity index (χ2n) is 7.26. The first kappa shape index (κ1) is 21.8. The Kier molecular flexibility index (Phi) is 6.87. The van der Waals surface area contributed by atoms with Crippen molar-refractivity contribution in [2.45, 2.75) is 13.8 Å². The van der Waals surface area contributed by atoms with Crippen molar-refractivity contribution in [3.63, 3.8) is 0 Å². The summed E-state index contributed by atoms with van der Waals surface area (Å²) in [7, 11) is 3.88. The van der Waals surface area contributed by atoms with Crippen molar-refractivity contribution in [2.24, 2.45) is 0 Å². The van der Waals surface area contributed by atoms with E-state index in [-0.39, 0.29) is 6.61 Å². The maximum absolute atomic E-state index is 12.1. The van der Waals surface area contributed by atoms with Gasteiger partial charge in [0.15, 0.2) is 6.61 Å². The molecule has 3 aromatic rings. The number of esters is 1. The number of nitrogens with one attached hydrogen (secondary N) is 1. The lowest BCUT2D eigenvalue weighted by Gasteiger charge is -2.13. The molecular formula is C24H26N4O3. The van der Waals surface area contributed by atoms with Crippen molar-refractivity contribution < 1.29 is 14.3 Å². The molecule has 7 nitrogen and oxygen atoms in total. The number of anilines is 2. The van der Waals surface area contributed by atoms with Crippen LogP contribution in [-0.4, -0.2) is 42.4 Å². The molecule has 0 spiro atoms. The van der Waals surface area contributed by atoms with Crippen LogP contribution in [0.25, 0.3) is 11.8 Å². The first-order valence-electron chi connectivity index (χ1n) is 9.89. The zero-order chi connectivity index (χ0) is 22.4. The Morgan fingerprint density at radius 2 is 1.74 bits per heavy atom. The van der Waals surface area contributed by atoms with Crippen LogP contribution in [0.15, 0.2) is 60.7 Å². The van der Waals surface area contributed by atoms with Gasteiger partial charge in [0.25, 0.3) is 5.91 Å². The lowest BCUT2D eigenvalue weighted by atomic mass is 10.2. The SMILES string of the molecule is Cc1nn(-c2ccccc2)c(C)c1/C=C/C(=O)OCC(=O)Nc1ccc(N(C)C)cc1. The van der Waals surface area contributed by atoms with Gasteiger partial charge >= 0.3 is 5.97 Å². The van der Waals surface area contributed by atoms with Crippen LogP contribution in [0.5, 0.6) is 0 Å². The first-order chi connectivity index (χ1) is 14.8. The Hall–Kier alpha value is -3.87. The van der Waals surface area contributed by atoms with Crippen LogP contribution in [0.3, 0.4) is 0 Å². The molecule has 0 saturated heterocycles. The molecule has 0 atom stereocenters. The highest BCUT2D eigenvalue weighted by molar-refractivity contribution is 5.94. The van der Waals surface area contributed by atoms with E-state index < -0.39 is 11.9 Å². The largest absolute Gasteiger partial charge is 0.452 e. The molecule has 1 amide bonds. The molecule has 1 heterocycles. The Morgan fingerprint density at radius 1 is 1.06 bits per heavy atom. The summed E-state index contributed by atoms with van der Waals surface area (Å²) in [5.41, 5.74) is 5.15. The average Bonchev–Trinajstić information content (AvgIpc) is 3.05. The van der Waals surface area contributed by atoms with Gasteiger partial charge in [0, 0.05) is 42.8 Å². The number of hydrogen-bond acceptors (Lipinski definition) is 5. The van der Waals surface area contributed by atoms with E-state index in [1.807, 2.05) is 80.0 Å². The van der Waals surface area contributed by atoms with Gasteiger partial charge in [-0.05, 0) is 56.3 Å². The molecule has 1 N–H and O–H groups in total. The van der Waals surface area contributed by atoms with Crippen molar-refractivity contribution in [2.75, 3.05) is 30.9 Å². The molecule has 160 valence electrons. The molecule has 7 heteroatoms. The summed E-state index contributed by atoms with van der Waals surface area (Å²) >= 11 is 0. The normalized spacial score (nSPS) is 10.8. The number of ether oxygens (including phenoxy) is 1. The summed E-state index contributed by atoms with van der Waals surface area (Å²) in [6.45, 7) is 3.46. The molecule has 1 aromatic heterocycles. The zero-order valence-electron chi connectivity index (χ0n) is 18.1. The van der Waals surface area contributed by atoms with Gasteiger partial charge in [0.1, 0.15) is 0 Å². The smallest absolute Gasteiger partial charge is 0.331 e. The third-order valence-corrected chi connectivity index (χ3v) is 4.75. The van der Waals surface area contributed by atoms with Gasteiger partial charge in [-0.15, -0.1) is 0 Å². The summed E-state index contributed by atoms with van der Waals surface area (Å²) < 4.78 is 6.89. The quantitative estimate of drug-likeness (QED) is 0.467. The zero-order valence-corrected chi connectivity index (χ0v) is 18.1. The summed E-state index contributed by atoms with van der Waals surface area (Å²) in [5, 5.41) is 7.25. The van der Waals surface area contributed by atoms with Gasteiger partial charge in [-0.2, -0.15) is 5.10 Å². The maximum atomic E-state index is 12.1. The maximum Gasteiger partial charge on any atom is 0.331 e. The van der Waals surface area contributed by atoms with Gasteiger partial charge < -0.3 is 15.0 Å². The van der Waals surface area contributed by atoms with Crippen molar-refractivity contribution in [3.8, 4) is 5.69 Å². The number of amides is 1. The number of carbonyl (C=O) groups is 2. The van der Waals surface area contributed by atoms with Gasteiger partial charge in [-0.25, -0.2) is 9.48 Å². The molecule has 0 unspecified atom stereocenters. The standard InChI is InChI=1S/C24H26N4O3/c1-17-22(18(2)28(26-17)21-8-6-5-7-9-21)14-15-24(30)31-16-23(29)25-19-10-12-20(13-11-19)27(3)4/h5-15H,16H2,1-4H3,(H,25,29)/b15-14+. The van der Waals surface area contributed by atoms with Crippen molar-refractivity contribution >= 4 is 29.3 Å². The topological polar surface area (TPSA) is 76.5 Å². The number of hydrogen-bond donors (Lipinski definition) is 1. The predicted octanol–water partition coefficient (Wildman–Crippen LogP) is 3.75. The first-order valence-corrected chi connectivity index (χ1v) is 9.89. The Balaban J connectivity index is 1.56. The Bertz CT molecular complexity index is 1080. The van der Waals surface area contributed by atoms with E-state index in [0.29, 0.717) is 5.69 Å². The van der Waals surface area contributed by atoms with E-state index in [9.17, 15) is 9.59 Å². The molecule has 0 aliphatic carbocycles. The molecule has 0 bridgehead atoms. The van der Waals surface area contributed by atoms with E-state index in [1.165, 1.54) is 6.08 Å². The monoisotopic (exact) mass is 418 g/mol. The molecule has 3 rings (SSSR count). The van der Waals surface area contributed by atoms with Crippen LogP contribution in [0, 0.1) is 13.8 Å². The number of aromatic nitrogens is 2. The molecule has 31 heavy (non-hydrogen) atoms. The highest BCUT2D eigenvalue weighted by Gasteiger charge is 2.11. The molecule has 0 aliphatic rings. The molecule has 0 radical (unpaired) electrons. The number of para-hydroxylation sites is 1. The van der Waals surface area contributed by atoms with E-state index in [4.69, 9.17) is 4.74 Å². The second-order valence-corrected chi connectivity index (χ2v) is 7.26. The summed E-state index contributed by atoms with van der Waals surface area (Å²) in [5.74, 6) is -0.993. The Labute approximate surface area is 181 Å². The third-order valence-electron chi connectivity index (χ3n) is 4.75. The fourth-order valence-corrected chi connectivity index (χ4v) is 3.09. The minimum absolute atomic E-state index is 0.361. The van der Waals surface area contributed by atoms with E-state index in [2.05, 4.69) is 10.4 Å². The van der Waals surface area contributed by atoms with Gasteiger partial charge in [-0.1, -0.05) is 18.2 Å². The fraction of sp³-hybridized carbons (Fsp3) is 0.208. The number of benzene rings is 2. The van der Waals surface area contributed by atoms with Crippen LogP contribution in [-0.2, 0) is 14.3 Å². The summed E-state index contributed by atoms with van der Waals surface area (Å²) in [4.78, 5) is 26.1. The fourth-order valence-electron chi connectivity index (χ4n) is 3.09. The van der Waals surface area contributed by atoms with Crippen LogP contribution < -0.4 is 10.2 Å². The minimum Gasteiger partial charge on any atom is -0.452 e. The minimum atomic E-state index is -0.593. The van der Waals surface area contributed by atoms with Crippen LogP contribution in [0.2, 0.25) is 0 Å². The van der Waals surface area contributed by atoms with E-state index in [1.54, 1.807) is 18.2 Å². The predicted molar refractivity (Wildman–Crippen MR) is 122 cm³/mol. The van der Waals surface area contributed by atoms with Gasteiger partial charge in [0.2, 0.25) is 0 Å². The molecular weight excluding hydrogens is 392 g/mol. The summed E-state index contributed by atoms with van der Waals surface area (Å²) in [6.07, 6.45) is 2.98. The molecule has 0 aliphatic heterocycles. The van der Waals surface area contributed by atoms with Crippen molar-refractivity contribution in [1.82, 2.24) is 9.78 Å². The number of nitrogens with zero attached hydrogens (tertiary/aromatic N) is 3. The van der Waals surface area contributed by atoms with Gasteiger partial charge in [-0.3, -0.25) is 4.79 Å². The van der Waals surface area contributed by atoms with Crippen LogP contribution in [0.4, 0.5) is 11.4 Å². The average molecular weight is 418 g/mol. The molecule has 2 aromatic carbocycles. The van der Waals surface area contributed by atoms with Crippen molar-refractivity contribution in [3.05, 3.63) is 77.6 Å². The highest BCUT2D eigenvalue weighted by atomic mass is 16.5. The molecule has 0 saturated carbocycles. The third kappa shape index (κ3) is 5.60. The number of carbonyl (C=O) groups excluding carboxylic acids is 2. The number of aryl methyl sites for hydroxylation is 1. The lowest BCUT2D eigenvalue weighted by Crippen LogP contribution is -2.20. The van der Waals surface area contributed by atoms with Crippen molar-refractivity contribution in [1.29, 1.82) is 0 Å². The number of rotatable bonds is 7. The summed E-state index contributed by atoms with van der Waals surface area (Å²) in [6, 6.07) is 17.1. The van der Waals surface area contributed by atoms with Gasteiger partial charge in [0.05, 0.1) is 11.4 Å². The van der Waals surface area contributed by atoms with E-state index >= 15 is 0 Å². The van der Waals surface area contributed by atoms with Crippen LogP contribution >= 0.6 is 0 Å². The van der Waals surface area contributed by atoms with Crippen LogP contribution in [0.1, 0.15) is 17.0 Å². The molecule has 0 fully saturated rings. The Morgan fingerprint density at radius 3 is 2.39 bits per heavy atom. The van der Waals surface area contributed by atoms with E-state index in [0.717, 1.165) is 28.3 Å². The highest BCUT2D eigenvalue weighted by Crippen LogP contribution is 2.19. The lowest BCUT2D eigenvalue weighted by molar-refractivity contribution is -0.142. The second kappa shape index (κ2) is 9.75.